The van der Waals surface area contributed by atoms with Crippen molar-refractivity contribution >= 4 is 51.3 Å². The molecular formula is C21H28N3NaO5S. The molecule has 2 N–H and O–H groups in total. The van der Waals surface area contributed by atoms with Crippen LogP contribution in [0, 0.1) is 0 Å². The fourth-order valence-electron chi connectivity index (χ4n) is 3.46. The summed E-state index contributed by atoms with van der Waals surface area (Å²) in [5, 5.41) is 2.77. The predicted octanol–water partition coefficient (Wildman–Crippen LogP) is 2.47. The van der Waals surface area contributed by atoms with Gasteiger partial charge in [0.15, 0.2) is 0 Å². The molecule has 0 saturated carbocycles. The number of sulfonamides is 1. The van der Waals surface area contributed by atoms with E-state index in [0.29, 0.717) is 11.6 Å². The molecule has 0 saturated heterocycles. The van der Waals surface area contributed by atoms with Crippen LogP contribution in [0.1, 0.15) is 31.4 Å². The monoisotopic (exact) mass is 457 g/mol. The van der Waals surface area contributed by atoms with Crippen molar-refractivity contribution in [3.63, 3.8) is 0 Å². The summed E-state index contributed by atoms with van der Waals surface area (Å²) in [5.41, 5.74) is 4.40. The zero-order valence-corrected chi connectivity index (χ0v) is 18.2. The van der Waals surface area contributed by atoms with E-state index >= 15 is 0 Å². The Kier molecular flexibility index (Phi) is 9.32. The Bertz CT molecular complexity index is 1030. The van der Waals surface area contributed by atoms with E-state index in [1.165, 1.54) is 7.11 Å². The molecule has 2 amide bonds. The van der Waals surface area contributed by atoms with Crippen LogP contribution in [0.4, 0.5) is 10.5 Å². The molecule has 1 aliphatic carbocycles. The Balaban J connectivity index is 0.00000341. The van der Waals surface area contributed by atoms with Crippen LogP contribution in [0.25, 0.3) is 11.1 Å². The molecule has 1 aromatic carbocycles. The molecule has 31 heavy (non-hydrogen) atoms. The van der Waals surface area contributed by atoms with E-state index < -0.39 is 16.1 Å². The number of nitrogens with one attached hydrogen (secondary N) is 2. The number of rotatable bonds is 8. The van der Waals surface area contributed by atoms with Crippen LogP contribution in [0.5, 0.6) is 5.88 Å². The molecule has 10 heteroatoms. The number of hydrogen-bond acceptors (Lipinski definition) is 6. The first-order chi connectivity index (χ1) is 14.3. The molecule has 0 unspecified atom stereocenters. The third-order valence-electron chi connectivity index (χ3n) is 4.83. The van der Waals surface area contributed by atoms with Crippen LogP contribution in [-0.4, -0.2) is 74.6 Å². The van der Waals surface area contributed by atoms with E-state index in [4.69, 9.17) is 9.47 Å². The number of ether oxygens (including phenoxy) is 2. The molecule has 0 atom stereocenters. The zero-order chi connectivity index (χ0) is 21.7. The van der Waals surface area contributed by atoms with Gasteiger partial charge >= 0.3 is 35.6 Å². The van der Waals surface area contributed by atoms with Gasteiger partial charge in [-0.1, -0.05) is 12.1 Å². The third kappa shape index (κ3) is 6.92. The first-order valence-corrected chi connectivity index (χ1v) is 11.5. The Hall–Kier alpha value is -1.65. The molecule has 1 aromatic heterocycles. The van der Waals surface area contributed by atoms with Crippen molar-refractivity contribution in [3.8, 4) is 17.0 Å². The summed E-state index contributed by atoms with van der Waals surface area (Å²) in [6.07, 6.45) is 4.28. The Morgan fingerprint density at radius 3 is 2.71 bits per heavy atom. The van der Waals surface area contributed by atoms with Gasteiger partial charge in [0.05, 0.1) is 31.3 Å². The van der Waals surface area contributed by atoms with Gasteiger partial charge in [0.1, 0.15) is 0 Å². The van der Waals surface area contributed by atoms with Crippen LogP contribution in [0.3, 0.4) is 0 Å². The Morgan fingerprint density at radius 2 is 2.00 bits per heavy atom. The number of amides is 2. The summed E-state index contributed by atoms with van der Waals surface area (Å²) in [4.78, 5) is 16.7. The summed E-state index contributed by atoms with van der Waals surface area (Å²) >= 11 is 0. The number of methoxy groups -OCH3 is 1. The maximum atomic E-state index is 12.6. The van der Waals surface area contributed by atoms with E-state index in [1.54, 1.807) is 12.3 Å². The van der Waals surface area contributed by atoms with Gasteiger partial charge in [0, 0.05) is 17.8 Å². The molecule has 1 heterocycles. The molecular weight excluding hydrogens is 429 g/mol. The van der Waals surface area contributed by atoms with Gasteiger partial charge in [-0.2, -0.15) is 0 Å². The second-order valence-corrected chi connectivity index (χ2v) is 9.20. The number of anilines is 1. The van der Waals surface area contributed by atoms with Gasteiger partial charge < -0.3 is 14.8 Å². The second kappa shape index (κ2) is 11.3. The first kappa shape index (κ1) is 25.6. The fraction of sp³-hybridized carbons (Fsp3) is 0.429. The van der Waals surface area contributed by atoms with E-state index in [2.05, 4.69) is 15.0 Å². The normalized spacial score (nSPS) is 12.8. The van der Waals surface area contributed by atoms with Gasteiger partial charge in [-0.15, -0.1) is 0 Å². The molecule has 8 nitrogen and oxygen atoms in total. The number of fused-ring (bicyclic) bond motifs is 1. The molecule has 0 radical (unpaired) electrons. The predicted molar refractivity (Wildman–Crippen MR) is 122 cm³/mol. The van der Waals surface area contributed by atoms with Crippen molar-refractivity contribution < 1.29 is 22.7 Å². The molecule has 164 valence electrons. The minimum atomic E-state index is -3.82. The number of aryl methyl sites for hydroxylation is 1. The number of nitrogens with zero attached hydrogens (tertiary/aromatic N) is 1. The SMILES string of the molecule is COc1cc(-c2ccc3c(c2NC(=O)NS(=O)(=O)CCOC(C)C)CCC3)ccn1.[NaH]. The topological polar surface area (TPSA) is 107 Å². The average molecular weight is 458 g/mol. The van der Waals surface area contributed by atoms with Crippen LogP contribution in [0.2, 0.25) is 0 Å². The fourth-order valence-corrected chi connectivity index (χ4v) is 4.21. The summed E-state index contributed by atoms with van der Waals surface area (Å²) in [5.74, 6) is 0.163. The molecule has 0 fully saturated rings. The van der Waals surface area contributed by atoms with E-state index in [-0.39, 0.29) is 48.0 Å². The van der Waals surface area contributed by atoms with Crippen molar-refractivity contribution in [3.05, 3.63) is 41.6 Å². The van der Waals surface area contributed by atoms with E-state index in [0.717, 1.165) is 41.5 Å². The van der Waals surface area contributed by atoms with E-state index in [1.807, 2.05) is 32.0 Å². The van der Waals surface area contributed by atoms with Crippen LogP contribution in [-0.2, 0) is 27.6 Å². The summed E-state index contributed by atoms with van der Waals surface area (Å²) in [7, 11) is -2.28. The van der Waals surface area contributed by atoms with Gasteiger partial charge in [-0.3, -0.25) is 0 Å². The standard InChI is InChI=1S/C21H27N3O5S.Na.H/c1-14(2)29-11-12-30(26,27)24-21(25)23-20-17-6-4-5-15(17)7-8-18(20)16-9-10-22-19(13-16)28-3;;/h7-10,13-14H,4-6,11-12H2,1-3H3,(H2,23,24,25);;. The minimum absolute atomic E-state index is 0. The van der Waals surface area contributed by atoms with Gasteiger partial charge in [-0.25, -0.2) is 22.9 Å². The Morgan fingerprint density at radius 1 is 1.23 bits per heavy atom. The summed E-state index contributed by atoms with van der Waals surface area (Å²) in [6, 6.07) is 6.79. The number of hydrogen-bond donors (Lipinski definition) is 2. The first-order valence-electron chi connectivity index (χ1n) is 9.87. The zero-order valence-electron chi connectivity index (χ0n) is 17.4. The number of urea groups is 1. The third-order valence-corrected chi connectivity index (χ3v) is 6.03. The molecule has 1 aliphatic rings. The van der Waals surface area contributed by atoms with Crippen molar-refractivity contribution in [2.75, 3.05) is 24.8 Å². The molecule has 0 aliphatic heterocycles. The summed E-state index contributed by atoms with van der Waals surface area (Å²) in [6.45, 7) is 3.65. The van der Waals surface area contributed by atoms with Gasteiger partial charge in [0.25, 0.3) is 0 Å². The molecule has 3 rings (SSSR count). The van der Waals surface area contributed by atoms with Gasteiger partial charge in [-0.05, 0) is 55.9 Å². The number of carbonyl (C=O) groups is 1. The number of benzene rings is 1. The van der Waals surface area contributed by atoms with Gasteiger partial charge in [0.2, 0.25) is 15.9 Å². The van der Waals surface area contributed by atoms with Crippen LogP contribution in [0.15, 0.2) is 30.5 Å². The molecule has 2 aromatic rings. The number of carbonyl (C=O) groups excluding carboxylic acids is 1. The van der Waals surface area contributed by atoms with Crippen molar-refractivity contribution in [1.29, 1.82) is 0 Å². The molecule has 0 bridgehead atoms. The van der Waals surface area contributed by atoms with Crippen LogP contribution >= 0.6 is 0 Å². The molecule has 0 spiro atoms. The maximum absolute atomic E-state index is 12.6. The van der Waals surface area contributed by atoms with Crippen molar-refractivity contribution in [1.82, 2.24) is 9.71 Å². The van der Waals surface area contributed by atoms with Crippen molar-refractivity contribution in [2.45, 2.75) is 39.2 Å². The Labute approximate surface area is 205 Å². The quantitative estimate of drug-likeness (QED) is 0.590. The van der Waals surface area contributed by atoms with Crippen LogP contribution < -0.4 is 14.8 Å². The summed E-state index contributed by atoms with van der Waals surface area (Å²) < 4.78 is 37.0. The van der Waals surface area contributed by atoms with Crippen molar-refractivity contribution in [2.24, 2.45) is 0 Å². The average Bonchev–Trinajstić information content (AvgIpc) is 3.16. The second-order valence-electron chi connectivity index (χ2n) is 7.36. The number of pyridine rings is 1. The van der Waals surface area contributed by atoms with E-state index in [9.17, 15) is 13.2 Å². The number of aromatic nitrogens is 1.